The van der Waals surface area contributed by atoms with Gasteiger partial charge in [0, 0.05) is 5.56 Å². The molecule has 24 heavy (non-hydrogen) atoms. The van der Waals surface area contributed by atoms with E-state index in [1.807, 2.05) is 19.1 Å². The van der Waals surface area contributed by atoms with Crippen molar-refractivity contribution in [2.24, 2.45) is 5.10 Å². The second kappa shape index (κ2) is 8.19. The van der Waals surface area contributed by atoms with Crippen LogP contribution in [0.3, 0.4) is 0 Å². The molecule has 126 valence electrons. The van der Waals surface area contributed by atoms with Crippen molar-refractivity contribution in [2.45, 2.75) is 6.92 Å². The molecule has 1 aromatic heterocycles. The van der Waals surface area contributed by atoms with Crippen molar-refractivity contribution in [2.75, 3.05) is 12.3 Å². The third kappa shape index (κ3) is 4.08. The van der Waals surface area contributed by atoms with Gasteiger partial charge in [-0.15, -0.1) is 0 Å². The third-order valence-corrected chi connectivity index (χ3v) is 4.10. The zero-order valence-electron chi connectivity index (χ0n) is 12.6. The van der Waals surface area contributed by atoms with E-state index >= 15 is 0 Å². The van der Waals surface area contributed by atoms with Gasteiger partial charge in [0.15, 0.2) is 0 Å². The highest BCUT2D eigenvalue weighted by Crippen LogP contribution is 2.31. The number of halogens is 3. The average molecular weight is 389 g/mol. The van der Waals surface area contributed by atoms with Crippen molar-refractivity contribution in [1.29, 1.82) is 0 Å². The van der Waals surface area contributed by atoms with Gasteiger partial charge in [-0.2, -0.15) is 10.1 Å². The molecule has 0 aliphatic heterocycles. The van der Waals surface area contributed by atoms with Gasteiger partial charge in [-0.1, -0.05) is 35.3 Å². The summed E-state index contributed by atoms with van der Waals surface area (Å²) >= 11 is 17.7. The number of carbonyl (C=O) groups is 1. The van der Waals surface area contributed by atoms with E-state index in [9.17, 15) is 4.79 Å². The molecule has 0 aliphatic rings. The number of para-hydroxylation sites is 1. The molecule has 6 nitrogen and oxygen atoms in total. The summed E-state index contributed by atoms with van der Waals surface area (Å²) in [5.41, 5.74) is 8.71. The van der Waals surface area contributed by atoms with Crippen LogP contribution in [0.15, 0.2) is 29.4 Å². The van der Waals surface area contributed by atoms with Gasteiger partial charge in [0.25, 0.3) is 10.8 Å². The number of carbonyl (C=O) groups excluding carboxylic acids is 1. The van der Waals surface area contributed by atoms with E-state index < -0.39 is 5.91 Å². The van der Waals surface area contributed by atoms with Crippen molar-refractivity contribution in [3.8, 4) is 5.75 Å². The van der Waals surface area contributed by atoms with Gasteiger partial charge in [0.05, 0.1) is 18.5 Å². The summed E-state index contributed by atoms with van der Waals surface area (Å²) in [4.78, 5) is 14.7. The first-order chi connectivity index (χ1) is 11.5. The topological polar surface area (TPSA) is 90.8 Å². The van der Waals surface area contributed by atoms with Crippen LogP contribution in [0.5, 0.6) is 5.75 Å². The normalized spacial score (nSPS) is 10.8. The van der Waals surface area contributed by atoms with E-state index in [1.165, 1.54) is 6.21 Å². The minimum absolute atomic E-state index is 0.00869. The van der Waals surface area contributed by atoms with Gasteiger partial charge < -0.3 is 10.5 Å². The number of amides is 1. The van der Waals surface area contributed by atoms with Crippen LogP contribution in [-0.2, 0) is 0 Å². The Morgan fingerprint density at radius 3 is 2.75 bits per heavy atom. The fraction of sp³-hybridized carbons (Fsp3) is 0.133. The molecule has 9 heteroatoms. The predicted molar refractivity (Wildman–Crippen MR) is 95.1 cm³/mol. The van der Waals surface area contributed by atoms with E-state index in [2.05, 4.69) is 15.5 Å². The first kappa shape index (κ1) is 18.3. The second-order valence-corrected chi connectivity index (χ2v) is 5.66. The fourth-order valence-corrected chi connectivity index (χ4v) is 2.43. The van der Waals surface area contributed by atoms with Crippen LogP contribution in [0.1, 0.15) is 23.0 Å². The lowest BCUT2D eigenvalue weighted by atomic mass is 10.2. The van der Waals surface area contributed by atoms with Gasteiger partial charge in [0.1, 0.15) is 15.8 Å². The molecule has 0 radical (unpaired) electrons. The van der Waals surface area contributed by atoms with Crippen LogP contribution < -0.4 is 20.9 Å². The van der Waals surface area contributed by atoms with E-state index in [4.69, 9.17) is 45.3 Å². The summed E-state index contributed by atoms with van der Waals surface area (Å²) in [5.74, 6) is 0.0387. The van der Waals surface area contributed by atoms with Crippen molar-refractivity contribution >= 4 is 52.6 Å². The lowest BCUT2D eigenvalue weighted by Crippen LogP contribution is -2.28. The van der Waals surface area contributed by atoms with E-state index in [0.717, 1.165) is 0 Å². The molecular weight excluding hydrogens is 375 g/mol. The van der Waals surface area contributed by atoms with Crippen molar-refractivity contribution in [1.82, 2.24) is 5.43 Å². The SMILES string of the molecule is CCOc1ccccc1/C=N\NC(=O)c1[nH+]c(Cl)c(Cl)c(N)c1Cl. The molecule has 0 atom stereocenters. The first-order valence-electron chi connectivity index (χ1n) is 6.86. The van der Waals surface area contributed by atoms with Gasteiger partial charge in [-0.25, -0.2) is 5.43 Å². The standard InChI is InChI=1S/C15H13Cl3N4O2/c1-2-24-9-6-4-3-5-8(9)7-20-22-15(23)13-10(16)12(19)11(17)14(18)21-13/h3-7H,2H2,1H3,(H2,19,21)(H,22,23)/p+1/b20-7-. The number of aromatic nitrogens is 1. The number of hydrogen-bond acceptors (Lipinski definition) is 4. The maximum absolute atomic E-state index is 12.2. The molecule has 0 saturated heterocycles. The molecule has 1 amide bonds. The Hall–Kier alpha value is -2.02. The lowest BCUT2D eigenvalue weighted by molar-refractivity contribution is -0.379. The molecule has 0 fully saturated rings. The zero-order chi connectivity index (χ0) is 17.7. The molecule has 0 unspecified atom stereocenters. The lowest BCUT2D eigenvalue weighted by Gasteiger charge is -2.06. The zero-order valence-corrected chi connectivity index (χ0v) is 14.8. The van der Waals surface area contributed by atoms with E-state index in [-0.39, 0.29) is 26.6 Å². The Morgan fingerprint density at radius 1 is 1.33 bits per heavy atom. The third-order valence-electron chi connectivity index (χ3n) is 2.94. The first-order valence-corrected chi connectivity index (χ1v) is 7.99. The number of nitrogens with two attached hydrogens (primary N) is 1. The van der Waals surface area contributed by atoms with Crippen LogP contribution in [0.4, 0.5) is 5.69 Å². The highest BCUT2D eigenvalue weighted by atomic mass is 35.5. The fourth-order valence-electron chi connectivity index (χ4n) is 1.82. The monoisotopic (exact) mass is 387 g/mol. The molecule has 0 spiro atoms. The highest BCUT2D eigenvalue weighted by molar-refractivity contribution is 6.45. The summed E-state index contributed by atoms with van der Waals surface area (Å²) in [7, 11) is 0. The van der Waals surface area contributed by atoms with E-state index in [1.54, 1.807) is 12.1 Å². The van der Waals surface area contributed by atoms with Crippen molar-refractivity contribution < 1.29 is 14.5 Å². The molecule has 1 heterocycles. The Kier molecular flexibility index (Phi) is 6.25. The largest absolute Gasteiger partial charge is 0.493 e. The number of nitrogens with zero attached hydrogens (tertiary/aromatic N) is 1. The smallest absolute Gasteiger partial charge is 0.337 e. The molecule has 2 rings (SSSR count). The number of anilines is 1. The number of benzene rings is 1. The number of pyridine rings is 1. The Morgan fingerprint density at radius 2 is 2.04 bits per heavy atom. The summed E-state index contributed by atoms with van der Waals surface area (Å²) in [6.07, 6.45) is 1.46. The number of nitrogens with one attached hydrogen (secondary N) is 2. The summed E-state index contributed by atoms with van der Waals surface area (Å²) in [5, 5.41) is 3.91. The number of nitrogen functional groups attached to an aromatic ring is 1. The number of hydrogen-bond donors (Lipinski definition) is 2. The van der Waals surface area contributed by atoms with Crippen molar-refractivity contribution in [3.63, 3.8) is 0 Å². The van der Waals surface area contributed by atoms with Crippen LogP contribution >= 0.6 is 34.8 Å². The van der Waals surface area contributed by atoms with Gasteiger partial charge in [-0.3, -0.25) is 4.79 Å². The van der Waals surface area contributed by atoms with Crippen LogP contribution in [-0.4, -0.2) is 18.7 Å². The van der Waals surface area contributed by atoms with Gasteiger partial charge in [-0.05, 0) is 30.7 Å². The minimum atomic E-state index is -0.615. The minimum Gasteiger partial charge on any atom is -0.493 e. The van der Waals surface area contributed by atoms with Crippen LogP contribution in [0.2, 0.25) is 15.2 Å². The van der Waals surface area contributed by atoms with Crippen LogP contribution in [0.25, 0.3) is 0 Å². The molecule has 2 aromatic rings. The Balaban J connectivity index is 2.17. The number of hydrazone groups is 1. The summed E-state index contributed by atoms with van der Waals surface area (Å²) in [6, 6.07) is 7.28. The molecule has 0 saturated carbocycles. The highest BCUT2D eigenvalue weighted by Gasteiger charge is 2.25. The maximum Gasteiger partial charge on any atom is 0.337 e. The molecular formula is C15H14Cl3N4O2+. The summed E-state index contributed by atoms with van der Waals surface area (Å²) < 4.78 is 5.46. The molecule has 0 bridgehead atoms. The molecule has 4 N–H and O–H groups in total. The predicted octanol–water partition coefficient (Wildman–Crippen LogP) is 3.21. The van der Waals surface area contributed by atoms with Gasteiger partial charge >= 0.3 is 5.91 Å². The van der Waals surface area contributed by atoms with E-state index in [0.29, 0.717) is 17.9 Å². The number of rotatable bonds is 5. The number of aromatic amines is 1. The molecule has 1 aromatic carbocycles. The van der Waals surface area contributed by atoms with Gasteiger partial charge in [0.2, 0.25) is 0 Å². The van der Waals surface area contributed by atoms with Crippen molar-refractivity contribution in [3.05, 3.63) is 50.7 Å². The Labute approximate surface area is 153 Å². The average Bonchev–Trinajstić information content (AvgIpc) is 2.58. The molecule has 0 aliphatic carbocycles. The quantitative estimate of drug-likeness (QED) is 0.468. The summed E-state index contributed by atoms with van der Waals surface area (Å²) in [6.45, 7) is 2.40. The second-order valence-electron chi connectivity index (χ2n) is 4.53. The Bertz CT molecular complexity index is 797. The number of H-pyrrole nitrogens is 1. The maximum atomic E-state index is 12.2. The number of ether oxygens (including phenoxy) is 1. The van der Waals surface area contributed by atoms with Crippen LogP contribution in [0, 0.1) is 0 Å².